The lowest BCUT2D eigenvalue weighted by Gasteiger charge is -2.13. The summed E-state index contributed by atoms with van der Waals surface area (Å²) in [6.07, 6.45) is 0. The van der Waals surface area contributed by atoms with Gasteiger partial charge in [-0.05, 0) is 36.4 Å². The van der Waals surface area contributed by atoms with Crippen molar-refractivity contribution in [2.45, 2.75) is 0 Å². The topological polar surface area (TPSA) is 67.6 Å². The summed E-state index contributed by atoms with van der Waals surface area (Å²) in [4.78, 5) is 14.2. The van der Waals surface area contributed by atoms with Gasteiger partial charge in [0.05, 0.1) is 12.7 Å². The third-order valence-corrected chi connectivity index (χ3v) is 3.14. The van der Waals surface area contributed by atoms with Crippen LogP contribution in [0.25, 0.3) is 0 Å². The summed E-state index contributed by atoms with van der Waals surface area (Å²) in [7, 11) is 5.48. The fourth-order valence-electron chi connectivity index (χ4n) is 1.92. The monoisotopic (exact) mass is 285 g/mol. The molecule has 0 atom stereocenters. The van der Waals surface area contributed by atoms with Crippen molar-refractivity contribution in [1.29, 1.82) is 0 Å². The lowest BCUT2D eigenvalue weighted by Crippen LogP contribution is -2.14. The molecule has 1 amide bonds. The van der Waals surface area contributed by atoms with E-state index in [0.717, 1.165) is 11.4 Å². The first kappa shape index (κ1) is 14.7. The van der Waals surface area contributed by atoms with E-state index in [1.807, 2.05) is 43.3 Å². The Labute approximate surface area is 124 Å². The number of methoxy groups -OCH3 is 1. The minimum absolute atomic E-state index is 0.243. The first-order valence-corrected chi connectivity index (χ1v) is 6.53. The first-order chi connectivity index (χ1) is 10.0. The van der Waals surface area contributed by atoms with Crippen LogP contribution in [0, 0.1) is 0 Å². The number of rotatable bonds is 4. The molecule has 2 rings (SSSR count). The van der Waals surface area contributed by atoms with Crippen molar-refractivity contribution >= 4 is 23.0 Å². The van der Waals surface area contributed by atoms with E-state index >= 15 is 0 Å². The van der Waals surface area contributed by atoms with Gasteiger partial charge in [0.15, 0.2) is 0 Å². The summed E-state index contributed by atoms with van der Waals surface area (Å²) < 4.78 is 5.07. The van der Waals surface area contributed by atoms with Crippen LogP contribution in [0.2, 0.25) is 0 Å². The van der Waals surface area contributed by atoms with Crippen LogP contribution < -0.4 is 20.7 Å². The van der Waals surface area contributed by atoms with Crippen molar-refractivity contribution in [3.05, 3.63) is 48.0 Å². The maximum atomic E-state index is 12.2. The minimum atomic E-state index is -0.243. The second kappa shape index (κ2) is 6.17. The molecule has 5 heteroatoms. The molecular weight excluding hydrogens is 266 g/mol. The Morgan fingerprint density at radius 3 is 2.33 bits per heavy atom. The molecule has 0 bridgehead atoms. The number of benzene rings is 2. The second-order valence-electron chi connectivity index (χ2n) is 4.85. The van der Waals surface area contributed by atoms with E-state index in [1.54, 1.807) is 25.3 Å². The number of amides is 1. The maximum absolute atomic E-state index is 12.2. The van der Waals surface area contributed by atoms with Crippen LogP contribution in [-0.4, -0.2) is 27.1 Å². The number of nitrogen functional groups attached to an aromatic ring is 1. The highest BCUT2D eigenvalue weighted by molar-refractivity contribution is 6.07. The van der Waals surface area contributed by atoms with Crippen LogP contribution in [0.4, 0.5) is 17.1 Å². The number of anilines is 3. The summed E-state index contributed by atoms with van der Waals surface area (Å²) >= 11 is 0. The standard InChI is InChI=1S/C16H19N3O2/c1-19(2)12-6-4-11(5-7-12)18-16(20)14-9-8-13(21-3)10-15(14)17/h4-10H,17H2,1-3H3,(H,18,20). The van der Waals surface area contributed by atoms with Gasteiger partial charge in [0.25, 0.3) is 5.91 Å². The van der Waals surface area contributed by atoms with Gasteiger partial charge in [-0.3, -0.25) is 4.79 Å². The molecule has 0 saturated carbocycles. The molecule has 0 aliphatic rings. The van der Waals surface area contributed by atoms with Crippen molar-refractivity contribution in [3.63, 3.8) is 0 Å². The van der Waals surface area contributed by atoms with E-state index in [9.17, 15) is 4.79 Å². The van der Waals surface area contributed by atoms with Crippen LogP contribution in [0.3, 0.4) is 0 Å². The van der Waals surface area contributed by atoms with Gasteiger partial charge in [0, 0.05) is 37.2 Å². The van der Waals surface area contributed by atoms with Crippen molar-refractivity contribution in [1.82, 2.24) is 0 Å². The van der Waals surface area contributed by atoms with E-state index in [0.29, 0.717) is 17.0 Å². The fourth-order valence-corrected chi connectivity index (χ4v) is 1.92. The predicted octanol–water partition coefficient (Wildman–Crippen LogP) is 2.60. The molecule has 0 heterocycles. The van der Waals surface area contributed by atoms with E-state index < -0.39 is 0 Å². The van der Waals surface area contributed by atoms with Crippen molar-refractivity contribution < 1.29 is 9.53 Å². The maximum Gasteiger partial charge on any atom is 0.257 e. The zero-order chi connectivity index (χ0) is 15.4. The summed E-state index contributed by atoms with van der Waals surface area (Å²) in [5.74, 6) is 0.382. The number of nitrogens with two attached hydrogens (primary N) is 1. The number of hydrogen-bond acceptors (Lipinski definition) is 4. The number of carbonyl (C=O) groups is 1. The summed E-state index contributed by atoms with van der Waals surface area (Å²) in [6.45, 7) is 0. The molecule has 0 spiro atoms. The molecule has 2 aromatic carbocycles. The Morgan fingerprint density at radius 2 is 1.81 bits per heavy atom. The lowest BCUT2D eigenvalue weighted by atomic mass is 10.1. The number of ether oxygens (including phenoxy) is 1. The van der Waals surface area contributed by atoms with Gasteiger partial charge in [0.2, 0.25) is 0 Å². The van der Waals surface area contributed by atoms with E-state index in [4.69, 9.17) is 10.5 Å². The zero-order valence-electron chi connectivity index (χ0n) is 12.4. The van der Waals surface area contributed by atoms with Gasteiger partial charge in [-0.25, -0.2) is 0 Å². The van der Waals surface area contributed by atoms with Gasteiger partial charge in [-0.15, -0.1) is 0 Å². The van der Waals surface area contributed by atoms with Crippen LogP contribution in [0.1, 0.15) is 10.4 Å². The Balaban J connectivity index is 2.14. The second-order valence-corrected chi connectivity index (χ2v) is 4.85. The van der Waals surface area contributed by atoms with Gasteiger partial charge in [-0.2, -0.15) is 0 Å². The Bertz CT molecular complexity index is 636. The molecule has 0 radical (unpaired) electrons. The minimum Gasteiger partial charge on any atom is -0.497 e. The van der Waals surface area contributed by atoms with Crippen LogP contribution in [0.5, 0.6) is 5.75 Å². The predicted molar refractivity (Wildman–Crippen MR) is 86.1 cm³/mol. The highest BCUT2D eigenvalue weighted by Crippen LogP contribution is 2.21. The lowest BCUT2D eigenvalue weighted by molar-refractivity contribution is 0.102. The van der Waals surface area contributed by atoms with Crippen molar-refractivity contribution in [3.8, 4) is 5.75 Å². The van der Waals surface area contributed by atoms with E-state index in [1.165, 1.54) is 0 Å². The van der Waals surface area contributed by atoms with Crippen LogP contribution >= 0.6 is 0 Å². The van der Waals surface area contributed by atoms with E-state index in [-0.39, 0.29) is 5.91 Å². The number of nitrogens with one attached hydrogen (secondary N) is 1. The fraction of sp³-hybridized carbons (Fsp3) is 0.188. The Morgan fingerprint density at radius 1 is 1.14 bits per heavy atom. The molecule has 0 aliphatic carbocycles. The van der Waals surface area contributed by atoms with Crippen LogP contribution in [-0.2, 0) is 0 Å². The molecule has 21 heavy (non-hydrogen) atoms. The number of hydrogen-bond donors (Lipinski definition) is 2. The SMILES string of the molecule is COc1ccc(C(=O)Nc2ccc(N(C)C)cc2)c(N)c1. The average molecular weight is 285 g/mol. The third-order valence-electron chi connectivity index (χ3n) is 3.14. The Hall–Kier alpha value is -2.69. The zero-order valence-corrected chi connectivity index (χ0v) is 12.4. The van der Waals surface area contributed by atoms with Crippen molar-refractivity contribution in [2.75, 3.05) is 37.2 Å². The largest absolute Gasteiger partial charge is 0.497 e. The molecular formula is C16H19N3O2. The molecule has 0 aliphatic heterocycles. The summed E-state index contributed by atoms with van der Waals surface area (Å²) in [5, 5.41) is 2.82. The molecule has 0 fully saturated rings. The van der Waals surface area contributed by atoms with Gasteiger partial charge < -0.3 is 20.7 Å². The Kier molecular flexibility index (Phi) is 4.33. The van der Waals surface area contributed by atoms with Gasteiger partial charge in [0.1, 0.15) is 5.75 Å². The quantitative estimate of drug-likeness (QED) is 0.847. The summed E-state index contributed by atoms with van der Waals surface area (Å²) in [6, 6.07) is 12.6. The molecule has 5 nitrogen and oxygen atoms in total. The highest BCUT2D eigenvalue weighted by atomic mass is 16.5. The molecule has 0 aromatic heterocycles. The molecule has 110 valence electrons. The summed E-state index contributed by atoms with van der Waals surface area (Å²) in [5.41, 5.74) is 8.47. The third kappa shape index (κ3) is 3.45. The van der Waals surface area contributed by atoms with Crippen LogP contribution in [0.15, 0.2) is 42.5 Å². The first-order valence-electron chi connectivity index (χ1n) is 6.53. The number of carbonyl (C=O) groups excluding carboxylic acids is 1. The normalized spacial score (nSPS) is 10.0. The van der Waals surface area contributed by atoms with Crippen molar-refractivity contribution in [2.24, 2.45) is 0 Å². The molecule has 2 aromatic rings. The average Bonchev–Trinajstić information content (AvgIpc) is 2.47. The van der Waals surface area contributed by atoms with Gasteiger partial charge >= 0.3 is 0 Å². The molecule has 0 unspecified atom stereocenters. The molecule has 0 saturated heterocycles. The molecule has 3 N–H and O–H groups in total. The smallest absolute Gasteiger partial charge is 0.257 e. The highest BCUT2D eigenvalue weighted by Gasteiger charge is 2.11. The van der Waals surface area contributed by atoms with E-state index in [2.05, 4.69) is 5.32 Å². The van der Waals surface area contributed by atoms with Gasteiger partial charge in [-0.1, -0.05) is 0 Å². The number of nitrogens with zero attached hydrogens (tertiary/aromatic N) is 1.